The van der Waals surface area contributed by atoms with Crippen molar-refractivity contribution in [2.24, 2.45) is 16.5 Å². The number of hydrogen-bond donors (Lipinski definition) is 4. The number of aromatic amines is 1. The standard InChI is InChI=1S/C25H32N8O3/c1-2-3-10-22(34)33(21(24(35)36)9-6-15-28-25(26)27)16-17-11-13-18(14-12-17)19-7-4-5-8-20(19)23-29-31-32-30-23/h4-5,7-8,11-14,21H,2-3,6,9-10,15-16H2,1H3,(H,35,36)(H4,26,27,28)(H,29,30,31,32)/t21-/m0/s1. The zero-order valence-electron chi connectivity index (χ0n) is 20.3. The van der Waals surface area contributed by atoms with Gasteiger partial charge >= 0.3 is 5.97 Å². The number of nitrogens with two attached hydrogens (primary N) is 2. The second-order valence-corrected chi connectivity index (χ2v) is 8.41. The topological polar surface area (TPSA) is 176 Å². The summed E-state index contributed by atoms with van der Waals surface area (Å²) in [4.78, 5) is 30.5. The first-order valence-electron chi connectivity index (χ1n) is 11.9. The zero-order chi connectivity index (χ0) is 25.9. The highest BCUT2D eigenvalue weighted by molar-refractivity contribution is 5.84. The quantitative estimate of drug-likeness (QED) is 0.160. The molecule has 1 amide bonds. The van der Waals surface area contributed by atoms with Crippen LogP contribution in [-0.2, 0) is 16.1 Å². The van der Waals surface area contributed by atoms with Gasteiger partial charge in [-0.3, -0.25) is 9.79 Å². The van der Waals surface area contributed by atoms with E-state index < -0.39 is 12.0 Å². The molecular weight excluding hydrogens is 460 g/mol. The lowest BCUT2D eigenvalue weighted by molar-refractivity contribution is -0.151. The minimum atomic E-state index is -1.05. The fraction of sp³-hybridized carbons (Fsp3) is 0.360. The Labute approximate surface area is 209 Å². The van der Waals surface area contributed by atoms with Crippen molar-refractivity contribution in [1.29, 1.82) is 0 Å². The fourth-order valence-corrected chi connectivity index (χ4v) is 3.94. The van der Waals surface area contributed by atoms with Crippen LogP contribution in [0.1, 0.15) is 44.6 Å². The van der Waals surface area contributed by atoms with Crippen molar-refractivity contribution < 1.29 is 14.7 Å². The van der Waals surface area contributed by atoms with Crippen LogP contribution in [0.4, 0.5) is 0 Å². The van der Waals surface area contributed by atoms with E-state index in [0.29, 0.717) is 31.6 Å². The molecule has 0 saturated carbocycles. The molecule has 6 N–H and O–H groups in total. The summed E-state index contributed by atoms with van der Waals surface area (Å²) in [5, 5.41) is 24.2. The van der Waals surface area contributed by atoms with Gasteiger partial charge in [-0.25, -0.2) is 4.79 Å². The van der Waals surface area contributed by atoms with Crippen molar-refractivity contribution in [1.82, 2.24) is 25.5 Å². The predicted octanol–water partition coefficient (Wildman–Crippen LogP) is 2.56. The maximum Gasteiger partial charge on any atom is 0.326 e. The number of unbranched alkanes of at least 4 members (excludes halogenated alkanes) is 1. The van der Waals surface area contributed by atoms with Crippen molar-refractivity contribution >= 4 is 17.8 Å². The number of guanidine groups is 1. The number of nitrogens with zero attached hydrogens (tertiary/aromatic N) is 5. The van der Waals surface area contributed by atoms with E-state index in [1.165, 1.54) is 4.90 Å². The van der Waals surface area contributed by atoms with E-state index >= 15 is 0 Å². The summed E-state index contributed by atoms with van der Waals surface area (Å²) in [5.74, 6) is -0.779. The Bertz CT molecular complexity index is 1160. The molecule has 0 saturated heterocycles. The van der Waals surface area contributed by atoms with Crippen molar-refractivity contribution in [3.05, 3.63) is 54.1 Å². The number of rotatable bonds is 13. The Hall–Kier alpha value is -4.28. The van der Waals surface area contributed by atoms with Gasteiger partial charge in [0.05, 0.1) is 0 Å². The fourth-order valence-electron chi connectivity index (χ4n) is 3.94. The number of aliphatic carboxylic acids is 1. The van der Waals surface area contributed by atoms with Crippen LogP contribution in [-0.4, -0.2) is 61.1 Å². The minimum Gasteiger partial charge on any atom is -0.480 e. The van der Waals surface area contributed by atoms with E-state index in [0.717, 1.165) is 28.7 Å². The highest BCUT2D eigenvalue weighted by atomic mass is 16.4. The van der Waals surface area contributed by atoms with E-state index in [-0.39, 0.29) is 24.8 Å². The van der Waals surface area contributed by atoms with E-state index in [2.05, 4.69) is 25.6 Å². The third kappa shape index (κ3) is 7.11. The third-order valence-electron chi connectivity index (χ3n) is 5.79. The van der Waals surface area contributed by atoms with Crippen LogP contribution in [0.3, 0.4) is 0 Å². The molecule has 11 nitrogen and oxygen atoms in total. The summed E-state index contributed by atoms with van der Waals surface area (Å²) in [7, 11) is 0. The molecule has 3 aromatic rings. The molecule has 190 valence electrons. The van der Waals surface area contributed by atoms with Gasteiger partial charge in [0, 0.05) is 25.1 Å². The van der Waals surface area contributed by atoms with Gasteiger partial charge in [-0.2, -0.15) is 5.21 Å². The number of amides is 1. The summed E-state index contributed by atoms with van der Waals surface area (Å²) in [6.45, 7) is 2.48. The second kappa shape index (κ2) is 13.0. The molecule has 1 atom stereocenters. The zero-order valence-corrected chi connectivity index (χ0v) is 20.3. The van der Waals surface area contributed by atoms with Crippen LogP contribution in [0, 0.1) is 0 Å². The SMILES string of the molecule is CCCCC(=O)N(Cc1ccc(-c2ccccc2-c2nn[nH]n2)cc1)[C@@H](CCCN=C(N)N)C(=O)O. The first-order chi connectivity index (χ1) is 17.4. The van der Waals surface area contributed by atoms with Gasteiger partial charge in [0.2, 0.25) is 11.7 Å². The molecule has 1 heterocycles. The van der Waals surface area contributed by atoms with Crippen LogP contribution in [0.5, 0.6) is 0 Å². The highest BCUT2D eigenvalue weighted by Crippen LogP contribution is 2.30. The summed E-state index contributed by atoms with van der Waals surface area (Å²) in [6, 6.07) is 14.4. The van der Waals surface area contributed by atoms with E-state index in [1.807, 2.05) is 55.5 Å². The van der Waals surface area contributed by atoms with Gasteiger partial charge in [-0.1, -0.05) is 61.9 Å². The minimum absolute atomic E-state index is 0.0428. The molecule has 2 aromatic carbocycles. The Morgan fingerprint density at radius 2 is 1.81 bits per heavy atom. The lowest BCUT2D eigenvalue weighted by Crippen LogP contribution is -2.44. The van der Waals surface area contributed by atoms with E-state index in [9.17, 15) is 14.7 Å². The van der Waals surface area contributed by atoms with Crippen LogP contribution in [0.25, 0.3) is 22.5 Å². The maximum absolute atomic E-state index is 13.0. The van der Waals surface area contributed by atoms with Crippen molar-refractivity contribution in [3.8, 4) is 22.5 Å². The third-order valence-corrected chi connectivity index (χ3v) is 5.79. The Morgan fingerprint density at radius 1 is 1.08 bits per heavy atom. The Kier molecular flexibility index (Phi) is 9.49. The van der Waals surface area contributed by atoms with Gasteiger partial charge in [-0.15, -0.1) is 10.2 Å². The van der Waals surface area contributed by atoms with Gasteiger partial charge in [0.1, 0.15) is 6.04 Å². The Morgan fingerprint density at radius 3 is 2.42 bits per heavy atom. The lowest BCUT2D eigenvalue weighted by atomic mass is 9.98. The van der Waals surface area contributed by atoms with Crippen molar-refractivity contribution in [2.75, 3.05) is 6.54 Å². The van der Waals surface area contributed by atoms with Crippen LogP contribution >= 0.6 is 0 Å². The molecule has 3 rings (SSSR count). The molecule has 1 aromatic heterocycles. The lowest BCUT2D eigenvalue weighted by Gasteiger charge is -2.29. The molecule has 0 bridgehead atoms. The van der Waals surface area contributed by atoms with Gasteiger partial charge < -0.3 is 21.5 Å². The number of hydrogen-bond acceptors (Lipinski definition) is 6. The molecule has 0 aliphatic rings. The molecular formula is C25H32N8O3. The number of carboxylic acid groups (broad SMARTS) is 1. The van der Waals surface area contributed by atoms with Gasteiger partial charge in [0.25, 0.3) is 0 Å². The summed E-state index contributed by atoms with van der Waals surface area (Å²) in [5.41, 5.74) is 14.3. The molecule has 0 unspecified atom stereocenters. The van der Waals surface area contributed by atoms with Crippen molar-refractivity contribution in [2.45, 2.75) is 51.6 Å². The van der Waals surface area contributed by atoms with Crippen LogP contribution < -0.4 is 11.5 Å². The number of carboxylic acids is 1. The number of aliphatic imine (C=N–C) groups is 1. The normalized spacial score (nSPS) is 11.6. The predicted molar refractivity (Wildman–Crippen MR) is 136 cm³/mol. The molecule has 0 aliphatic heterocycles. The molecule has 0 fully saturated rings. The summed E-state index contributed by atoms with van der Waals surface area (Å²) in [6.07, 6.45) is 2.53. The molecule has 11 heteroatoms. The molecule has 0 aliphatic carbocycles. The summed E-state index contributed by atoms with van der Waals surface area (Å²) >= 11 is 0. The van der Waals surface area contributed by atoms with Crippen molar-refractivity contribution in [3.63, 3.8) is 0 Å². The van der Waals surface area contributed by atoms with Gasteiger partial charge in [0.15, 0.2) is 5.96 Å². The number of carbonyl (C=O) groups is 2. The monoisotopic (exact) mass is 492 g/mol. The smallest absolute Gasteiger partial charge is 0.326 e. The summed E-state index contributed by atoms with van der Waals surface area (Å²) < 4.78 is 0. The van der Waals surface area contributed by atoms with E-state index in [4.69, 9.17) is 11.5 Å². The number of carbonyl (C=O) groups excluding carboxylic acids is 1. The van der Waals surface area contributed by atoms with Crippen LogP contribution in [0.2, 0.25) is 0 Å². The first-order valence-corrected chi connectivity index (χ1v) is 11.9. The molecule has 0 radical (unpaired) electrons. The average molecular weight is 493 g/mol. The largest absolute Gasteiger partial charge is 0.480 e. The first kappa shape index (κ1) is 26.3. The molecule has 0 spiro atoms. The maximum atomic E-state index is 13.0. The Balaban J connectivity index is 1.82. The average Bonchev–Trinajstić information content (AvgIpc) is 3.41. The van der Waals surface area contributed by atoms with Crippen LogP contribution in [0.15, 0.2) is 53.5 Å². The second-order valence-electron chi connectivity index (χ2n) is 8.41. The number of aromatic nitrogens is 4. The number of benzene rings is 2. The molecule has 36 heavy (non-hydrogen) atoms. The number of H-pyrrole nitrogens is 1. The van der Waals surface area contributed by atoms with Gasteiger partial charge in [-0.05, 0) is 41.2 Å². The number of tetrazole rings is 1. The highest BCUT2D eigenvalue weighted by Gasteiger charge is 2.29. The number of nitrogens with one attached hydrogen (secondary N) is 1. The van der Waals surface area contributed by atoms with E-state index in [1.54, 1.807) is 0 Å².